The Labute approximate surface area is 205 Å². The molecule has 1 aromatic heterocycles. The maximum atomic E-state index is 13.0. The second-order valence-electron chi connectivity index (χ2n) is 8.70. The fourth-order valence-electron chi connectivity index (χ4n) is 4.07. The maximum absolute atomic E-state index is 13.0. The second-order valence-corrected chi connectivity index (χ2v) is 10.6. The number of aryl methyl sites for hydroxylation is 2. The standard InChI is InChI=1S/C25H29N5O4S/c1-17-21(27-24(31)19-8-5-4-6-9-19)10-7-11-22(17)28-25(32)20-12-14-30(15-13-20)35(33,34)23-16-29(3)18(2)26-23/h4-11,16,20H,12-15H2,1-3H3,(H,27,31)(H,28,32). The molecule has 0 aliphatic carbocycles. The zero-order valence-electron chi connectivity index (χ0n) is 20.0. The molecule has 1 aliphatic heterocycles. The summed E-state index contributed by atoms with van der Waals surface area (Å²) in [5.74, 6) is -0.0801. The summed E-state index contributed by atoms with van der Waals surface area (Å²) in [5, 5.41) is 5.88. The fourth-order valence-corrected chi connectivity index (χ4v) is 5.56. The Morgan fingerprint density at radius 2 is 1.57 bits per heavy atom. The molecule has 2 N–H and O–H groups in total. The van der Waals surface area contributed by atoms with Gasteiger partial charge in [0.25, 0.3) is 15.9 Å². The van der Waals surface area contributed by atoms with Gasteiger partial charge in [-0.25, -0.2) is 13.4 Å². The summed E-state index contributed by atoms with van der Waals surface area (Å²) in [6, 6.07) is 14.3. The number of nitrogens with zero attached hydrogens (tertiary/aromatic N) is 3. The normalized spacial score (nSPS) is 15.1. The van der Waals surface area contributed by atoms with Gasteiger partial charge in [-0.3, -0.25) is 9.59 Å². The molecular formula is C25H29N5O4S. The molecule has 0 bridgehead atoms. The molecule has 35 heavy (non-hydrogen) atoms. The summed E-state index contributed by atoms with van der Waals surface area (Å²) < 4.78 is 28.9. The van der Waals surface area contributed by atoms with E-state index in [-0.39, 0.29) is 35.8 Å². The number of rotatable bonds is 6. The highest BCUT2D eigenvalue weighted by Gasteiger charge is 2.33. The van der Waals surface area contributed by atoms with Crippen LogP contribution in [0.1, 0.15) is 34.6 Å². The number of hydrogen-bond acceptors (Lipinski definition) is 5. The van der Waals surface area contributed by atoms with Gasteiger partial charge >= 0.3 is 0 Å². The molecule has 0 saturated carbocycles. The summed E-state index contributed by atoms with van der Waals surface area (Å²) in [4.78, 5) is 29.6. The third kappa shape index (κ3) is 5.28. The van der Waals surface area contributed by atoms with Crippen LogP contribution in [0.25, 0.3) is 0 Å². The maximum Gasteiger partial charge on any atom is 0.262 e. The van der Waals surface area contributed by atoms with Crippen molar-refractivity contribution in [2.45, 2.75) is 31.7 Å². The molecule has 1 aliphatic rings. The number of nitrogens with one attached hydrogen (secondary N) is 2. The quantitative estimate of drug-likeness (QED) is 0.545. The zero-order chi connectivity index (χ0) is 25.2. The van der Waals surface area contributed by atoms with Crippen molar-refractivity contribution >= 4 is 33.2 Å². The molecule has 3 aromatic rings. The van der Waals surface area contributed by atoms with E-state index >= 15 is 0 Å². The predicted molar refractivity (Wildman–Crippen MR) is 134 cm³/mol. The lowest BCUT2D eigenvalue weighted by atomic mass is 9.97. The molecule has 0 atom stereocenters. The topological polar surface area (TPSA) is 113 Å². The molecule has 0 spiro atoms. The number of piperidine rings is 1. The third-order valence-electron chi connectivity index (χ3n) is 6.39. The van der Waals surface area contributed by atoms with Crippen molar-refractivity contribution in [1.82, 2.24) is 13.9 Å². The van der Waals surface area contributed by atoms with Crippen LogP contribution in [0, 0.1) is 19.8 Å². The van der Waals surface area contributed by atoms with Crippen molar-refractivity contribution in [2.75, 3.05) is 23.7 Å². The minimum atomic E-state index is -3.69. The Balaban J connectivity index is 1.38. The lowest BCUT2D eigenvalue weighted by molar-refractivity contribution is -0.120. The second kappa shape index (κ2) is 10.0. The highest BCUT2D eigenvalue weighted by molar-refractivity contribution is 7.89. The molecule has 9 nitrogen and oxygen atoms in total. The average molecular weight is 496 g/mol. The Morgan fingerprint density at radius 1 is 0.943 bits per heavy atom. The van der Waals surface area contributed by atoms with E-state index in [1.807, 2.05) is 13.0 Å². The van der Waals surface area contributed by atoms with Crippen LogP contribution in [0.3, 0.4) is 0 Å². The van der Waals surface area contributed by atoms with Gasteiger partial charge in [0.15, 0.2) is 5.03 Å². The van der Waals surface area contributed by atoms with Crippen LogP contribution >= 0.6 is 0 Å². The van der Waals surface area contributed by atoms with Crippen LogP contribution < -0.4 is 10.6 Å². The minimum Gasteiger partial charge on any atom is -0.337 e. The number of benzene rings is 2. The van der Waals surface area contributed by atoms with Gasteiger partial charge in [-0.2, -0.15) is 4.31 Å². The van der Waals surface area contributed by atoms with Gasteiger partial charge in [-0.15, -0.1) is 0 Å². The smallest absolute Gasteiger partial charge is 0.262 e. The Hall–Kier alpha value is -3.50. The molecule has 0 unspecified atom stereocenters. The van der Waals surface area contributed by atoms with Gasteiger partial charge in [-0.05, 0) is 56.5 Å². The van der Waals surface area contributed by atoms with E-state index in [9.17, 15) is 18.0 Å². The molecule has 10 heteroatoms. The zero-order valence-corrected chi connectivity index (χ0v) is 20.8. The Morgan fingerprint density at radius 3 is 2.17 bits per heavy atom. The monoisotopic (exact) mass is 495 g/mol. The van der Waals surface area contributed by atoms with Crippen molar-refractivity contribution in [3.05, 3.63) is 71.7 Å². The fraction of sp³-hybridized carbons (Fsp3) is 0.320. The number of sulfonamides is 1. The van der Waals surface area contributed by atoms with E-state index in [2.05, 4.69) is 15.6 Å². The summed E-state index contributed by atoms with van der Waals surface area (Å²) in [7, 11) is -1.94. The van der Waals surface area contributed by atoms with Crippen LogP contribution in [-0.2, 0) is 21.9 Å². The lowest BCUT2D eigenvalue weighted by Crippen LogP contribution is -2.41. The van der Waals surface area contributed by atoms with Crippen molar-refractivity contribution in [1.29, 1.82) is 0 Å². The largest absolute Gasteiger partial charge is 0.337 e. The average Bonchev–Trinajstić information content (AvgIpc) is 3.21. The first kappa shape index (κ1) is 24.6. The van der Waals surface area contributed by atoms with Gasteiger partial charge in [-0.1, -0.05) is 24.3 Å². The van der Waals surface area contributed by atoms with Gasteiger partial charge in [0, 0.05) is 49.2 Å². The van der Waals surface area contributed by atoms with Crippen LogP contribution in [0.2, 0.25) is 0 Å². The van der Waals surface area contributed by atoms with Gasteiger partial charge < -0.3 is 15.2 Å². The Bertz CT molecular complexity index is 1320. The number of imidazole rings is 1. The molecule has 2 amide bonds. The van der Waals surface area contributed by atoms with Gasteiger partial charge in [0.2, 0.25) is 5.91 Å². The molecule has 2 aromatic carbocycles. The van der Waals surface area contributed by atoms with E-state index in [0.717, 1.165) is 5.56 Å². The van der Waals surface area contributed by atoms with Gasteiger partial charge in [0.1, 0.15) is 5.82 Å². The van der Waals surface area contributed by atoms with E-state index in [1.165, 1.54) is 10.5 Å². The van der Waals surface area contributed by atoms with E-state index in [0.29, 0.717) is 35.6 Å². The van der Waals surface area contributed by atoms with E-state index < -0.39 is 10.0 Å². The van der Waals surface area contributed by atoms with Crippen molar-refractivity contribution in [3.63, 3.8) is 0 Å². The molecule has 2 heterocycles. The number of hydrogen-bond donors (Lipinski definition) is 2. The van der Waals surface area contributed by atoms with Crippen molar-refractivity contribution in [3.8, 4) is 0 Å². The van der Waals surface area contributed by atoms with Crippen LogP contribution in [0.5, 0.6) is 0 Å². The molecular weight excluding hydrogens is 466 g/mol. The highest BCUT2D eigenvalue weighted by atomic mass is 32.2. The van der Waals surface area contributed by atoms with E-state index in [1.54, 1.807) is 61.0 Å². The van der Waals surface area contributed by atoms with Crippen molar-refractivity contribution in [2.24, 2.45) is 13.0 Å². The number of carbonyl (C=O) groups excluding carboxylic acids is 2. The first-order valence-corrected chi connectivity index (χ1v) is 12.9. The van der Waals surface area contributed by atoms with E-state index in [4.69, 9.17) is 0 Å². The van der Waals surface area contributed by atoms with Crippen LogP contribution in [0.15, 0.2) is 59.8 Å². The highest BCUT2D eigenvalue weighted by Crippen LogP contribution is 2.27. The minimum absolute atomic E-state index is 0.0328. The number of carbonyl (C=O) groups is 2. The lowest BCUT2D eigenvalue weighted by Gasteiger charge is -2.30. The summed E-state index contributed by atoms with van der Waals surface area (Å²) in [6.45, 7) is 4.09. The number of anilines is 2. The van der Waals surface area contributed by atoms with Gasteiger partial charge in [0.05, 0.1) is 0 Å². The van der Waals surface area contributed by atoms with Crippen LogP contribution in [0.4, 0.5) is 11.4 Å². The number of aromatic nitrogens is 2. The summed E-state index contributed by atoms with van der Waals surface area (Å²) >= 11 is 0. The Kier molecular flexibility index (Phi) is 7.04. The molecule has 0 radical (unpaired) electrons. The van der Waals surface area contributed by atoms with Crippen LogP contribution in [-0.4, -0.2) is 47.2 Å². The molecule has 1 saturated heterocycles. The summed E-state index contributed by atoms with van der Waals surface area (Å²) in [5.41, 5.74) is 2.52. The third-order valence-corrected chi connectivity index (χ3v) is 8.16. The molecule has 184 valence electrons. The molecule has 4 rings (SSSR count). The number of amides is 2. The van der Waals surface area contributed by atoms with Crippen molar-refractivity contribution < 1.29 is 18.0 Å². The molecule has 1 fully saturated rings. The SMILES string of the molecule is Cc1c(NC(=O)c2ccccc2)cccc1NC(=O)C1CCN(S(=O)(=O)c2cn(C)c(C)n2)CC1. The predicted octanol–water partition coefficient (Wildman–Crippen LogP) is 3.33. The first-order chi connectivity index (χ1) is 16.7. The first-order valence-electron chi connectivity index (χ1n) is 11.4. The summed E-state index contributed by atoms with van der Waals surface area (Å²) in [6.07, 6.45) is 2.34.